The lowest BCUT2D eigenvalue weighted by Crippen LogP contribution is -2.60. The molecule has 0 aliphatic carbocycles. The topological polar surface area (TPSA) is 94.9 Å². The lowest BCUT2D eigenvalue weighted by molar-refractivity contribution is -0.121. The van der Waals surface area contributed by atoms with E-state index in [1.807, 2.05) is 0 Å². The normalized spacial score (nSPS) is 26.3. The Bertz CT molecular complexity index is 996. The number of piperidine rings is 1. The number of para-hydroxylation sites is 1. The third-order valence-electron chi connectivity index (χ3n) is 6.67. The molecule has 3 heterocycles. The average molecular weight is 441 g/mol. The summed E-state index contributed by atoms with van der Waals surface area (Å²) in [6, 6.07) is 12.9. The van der Waals surface area contributed by atoms with Gasteiger partial charge in [0.25, 0.3) is 0 Å². The van der Waals surface area contributed by atoms with E-state index in [1.54, 1.807) is 12.1 Å². The molecule has 0 spiro atoms. The molecule has 3 aliphatic rings. The van der Waals surface area contributed by atoms with Crippen molar-refractivity contribution in [1.29, 1.82) is 0 Å². The Balaban J connectivity index is 1.40. The van der Waals surface area contributed by atoms with E-state index in [0.29, 0.717) is 5.75 Å². The van der Waals surface area contributed by atoms with Crippen molar-refractivity contribution >= 4 is 17.3 Å². The van der Waals surface area contributed by atoms with Gasteiger partial charge in [-0.05, 0) is 42.7 Å². The number of hydrogen-bond acceptors (Lipinski definition) is 7. The fraction of sp³-hybridized carbons (Fsp3) is 0.435. The molecule has 5 N–H and O–H groups in total. The van der Waals surface area contributed by atoms with Crippen molar-refractivity contribution in [3.05, 3.63) is 53.8 Å². The van der Waals surface area contributed by atoms with Crippen LogP contribution in [0.2, 0.25) is 0 Å². The largest absolute Gasteiger partial charge is 0.494 e. The van der Waals surface area contributed by atoms with Gasteiger partial charge in [0, 0.05) is 37.3 Å². The van der Waals surface area contributed by atoms with Gasteiger partial charge in [-0.1, -0.05) is 18.2 Å². The van der Waals surface area contributed by atoms with Crippen molar-refractivity contribution in [2.24, 2.45) is 5.73 Å². The van der Waals surface area contributed by atoms with Crippen molar-refractivity contribution in [1.82, 2.24) is 16.3 Å². The van der Waals surface area contributed by atoms with Gasteiger partial charge >= 0.3 is 0 Å². The van der Waals surface area contributed by atoms with Crippen LogP contribution >= 0.6 is 0 Å². The monoisotopic (exact) mass is 440 g/mol. The van der Waals surface area contributed by atoms with E-state index in [-0.39, 0.29) is 42.2 Å². The number of carbonyl (C=O) groups excluding carboxylic acids is 1. The van der Waals surface area contributed by atoms with Gasteiger partial charge < -0.3 is 15.4 Å². The molecule has 1 amide bonds. The Labute approximate surface area is 186 Å². The molecule has 0 saturated carbocycles. The molecular formula is C23H29FN6O2. The number of amides is 1. The number of hydrogen-bond donors (Lipinski definition) is 4. The number of anilines is 2. The number of fused-ring (bicyclic) bond motifs is 1. The van der Waals surface area contributed by atoms with Crippen molar-refractivity contribution in [2.75, 3.05) is 30.1 Å². The summed E-state index contributed by atoms with van der Waals surface area (Å²) in [5.41, 5.74) is 18.3. The SMILES string of the molecule is COc1cccc(F)c1N1NC2C(CC1=O)NNC2c1cccc(N2CCC(N)CC2)c1. The van der Waals surface area contributed by atoms with Gasteiger partial charge in [-0.3, -0.25) is 10.2 Å². The Kier molecular flexibility index (Phi) is 5.73. The maximum Gasteiger partial charge on any atom is 0.243 e. The Morgan fingerprint density at radius 2 is 1.91 bits per heavy atom. The highest BCUT2D eigenvalue weighted by Crippen LogP contribution is 2.36. The summed E-state index contributed by atoms with van der Waals surface area (Å²) in [5.74, 6) is -0.419. The summed E-state index contributed by atoms with van der Waals surface area (Å²) < 4.78 is 20.0. The molecule has 9 heteroatoms. The van der Waals surface area contributed by atoms with Crippen LogP contribution in [0.15, 0.2) is 42.5 Å². The van der Waals surface area contributed by atoms with E-state index in [2.05, 4.69) is 45.4 Å². The maximum atomic E-state index is 14.7. The number of carbonyl (C=O) groups is 1. The van der Waals surface area contributed by atoms with E-state index in [0.717, 1.165) is 31.5 Å². The number of benzene rings is 2. The van der Waals surface area contributed by atoms with Crippen LogP contribution in [0.3, 0.4) is 0 Å². The lowest BCUT2D eigenvalue weighted by atomic mass is 9.93. The molecule has 3 saturated heterocycles. The summed E-state index contributed by atoms with van der Waals surface area (Å²) in [5, 5.41) is 1.30. The van der Waals surface area contributed by atoms with E-state index in [1.165, 1.54) is 23.9 Å². The van der Waals surface area contributed by atoms with Crippen LogP contribution in [0, 0.1) is 5.82 Å². The van der Waals surface area contributed by atoms with Gasteiger partial charge in [-0.15, -0.1) is 0 Å². The van der Waals surface area contributed by atoms with Crippen molar-refractivity contribution in [2.45, 2.75) is 43.4 Å². The van der Waals surface area contributed by atoms with Crippen molar-refractivity contribution in [3.8, 4) is 5.75 Å². The van der Waals surface area contributed by atoms with Gasteiger partial charge in [0.2, 0.25) is 5.91 Å². The zero-order valence-corrected chi connectivity index (χ0v) is 18.1. The number of methoxy groups -OCH3 is 1. The second-order valence-electron chi connectivity index (χ2n) is 8.67. The summed E-state index contributed by atoms with van der Waals surface area (Å²) in [6.45, 7) is 1.89. The molecule has 0 aromatic heterocycles. The minimum atomic E-state index is -0.510. The molecule has 2 aromatic rings. The summed E-state index contributed by atoms with van der Waals surface area (Å²) in [4.78, 5) is 15.2. The number of nitrogens with zero attached hydrogens (tertiary/aromatic N) is 2. The number of nitrogens with two attached hydrogens (primary N) is 1. The van der Waals surface area contributed by atoms with Gasteiger partial charge in [0.1, 0.15) is 11.4 Å². The third kappa shape index (κ3) is 3.81. The van der Waals surface area contributed by atoms with Crippen LogP contribution in [0.25, 0.3) is 0 Å². The number of nitrogens with one attached hydrogen (secondary N) is 3. The first-order valence-corrected chi connectivity index (χ1v) is 11.1. The molecule has 3 atom stereocenters. The van der Waals surface area contributed by atoms with E-state index in [9.17, 15) is 9.18 Å². The molecule has 170 valence electrons. The zero-order valence-electron chi connectivity index (χ0n) is 18.1. The van der Waals surface area contributed by atoms with Crippen LogP contribution in [0.5, 0.6) is 5.75 Å². The second kappa shape index (κ2) is 8.67. The van der Waals surface area contributed by atoms with E-state index < -0.39 is 5.82 Å². The molecule has 3 unspecified atom stereocenters. The standard InChI is InChI=1S/C23H29FN6O2/c1-32-19-7-3-6-17(24)23(19)30-20(31)13-18-22(28-30)21(27-26-18)14-4-2-5-16(12-14)29-10-8-15(25)9-11-29/h2-7,12,15,18,21-22,26-28H,8-11,13,25H2,1H3. The molecule has 8 nitrogen and oxygen atoms in total. The molecule has 3 aliphatic heterocycles. The minimum Gasteiger partial charge on any atom is -0.494 e. The minimum absolute atomic E-state index is 0.0969. The van der Waals surface area contributed by atoms with Crippen LogP contribution in [-0.4, -0.2) is 44.2 Å². The van der Waals surface area contributed by atoms with Gasteiger partial charge in [-0.2, -0.15) is 0 Å². The number of halogens is 1. The Morgan fingerprint density at radius 3 is 2.69 bits per heavy atom. The molecule has 5 rings (SSSR count). The molecule has 0 radical (unpaired) electrons. The third-order valence-corrected chi connectivity index (χ3v) is 6.67. The highest BCUT2D eigenvalue weighted by atomic mass is 19.1. The number of ether oxygens (including phenoxy) is 1. The Morgan fingerprint density at radius 1 is 1.12 bits per heavy atom. The highest BCUT2D eigenvalue weighted by Gasteiger charge is 2.45. The molecule has 3 fully saturated rings. The average Bonchev–Trinajstić information content (AvgIpc) is 3.21. The van der Waals surface area contributed by atoms with Crippen molar-refractivity contribution < 1.29 is 13.9 Å². The smallest absolute Gasteiger partial charge is 0.243 e. The van der Waals surface area contributed by atoms with Crippen LogP contribution in [0.1, 0.15) is 30.9 Å². The number of hydrazine groups is 2. The summed E-state index contributed by atoms with van der Waals surface area (Å²) in [6.07, 6.45) is 2.21. The predicted molar refractivity (Wildman–Crippen MR) is 121 cm³/mol. The quantitative estimate of drug-likeness (QED) is 0.574. The first-order valence-electron chi connectivity index (χ1n) is 11.1. The molecule has 32 heavy (non-hydrogen) atoms. The Hall–Kier alpha value is -2.72. The van der Waals surface area contributed by atoms with Crippen LogP contribution in [-0.2, 0) is 4.79 Å². The van der Waals surface area contributed by atoms with Crippen LogP contribution < -0.4 is 36.7 Å². The molecular weight excluding hydrogens is 411 g/mol. The summed E-state index contributed by atoms with van der Waals surface area (Å²) >= 11 is 0. The zero-order chi connectivity index (χ0) is 22.2. The fourth-order valence-corrected chi connectivity index (χ4v) is 4.88. The van der Waals surface area contributed by atoms with Gasteiger partial charge in [-0.25, -0.2) is 20.3 Å². The van der Waals surface area contributed by atoms with Gasteiger partial charge in [0.05, 0.1) is 19.2 Å². The van der Waals surface area contributed by atoms with E-state index in [4.69, 9.17) is 10.5 Å². The second-order valence-corrected chi connectivity index (χ2v) is 8.67. The molecule has 2 aromatic carbocycles. The predicted octanol–water partition coefficient (Wildman–Crippen LogP) is 1.59. The van der Waals surface area contributed by atoms with Crippen LogP contribution in [0.4, 0.5) is 15.8 Å². The summed E-state index contributed by atoms with van der Waals surface area (Å²) in [7, 11) is 1.47. The highest BCUT2D eigenvalue weighted by molar-refractivity contribution is 5.95. The maximum absolute atomic E-state index is 14.7. The first kappa shape index (κ1) is 21.1. The first-order chi connectivity index (χ1) is 15.5. The van der Waals surface area contributed by atoms with Crippen molar-refractivity contribution in [3.63, 3.8) is 0 Å². The fourth-order valence-electron chi connectivity index (χ4n) is 4.88. The number of rotatable bonds is 4. The van der Waals surface area contributed by atoms with Gasteiger partial charge in [0.15, 0.2) is 5.82 Å². The lowest BCUT2D eigenvalue weighted by Gasteiger charge is -2.37. The van der Waals surface area contributed by atoms with E-state index >= 15 is 0 Å². The molecule has 0 bridgehead atoms.